The van der Waals surface area contributed by atoms with E-state index in [-0.39, 0.29) is 5.82 Å². The van der Waals surface area contributed by atoms with E-state index in [1.54, 1.807) is 18.5 Å². The van der Waals surface area contributed by atoms with Gasteiger partial charge in [0.2, 0.25) is 0 Å². The SMILES string of the molecule is CCCNCCc1cn(Cc2ccccc2F)cn1. The lowest BCUT2D eigenvalue weighted by atomic mass is 10.2. The molecule has 0 bridgehead atoms. The summed E-state index contributed by atoms with van der Waals surface area (Å²) in [5, 5.41) is 3.34. The summed E-state index contributed by atoms with van der Waals surface area (Å²) in [4.78, 5) is 4.34. The van der Waals surface area contributed by atoms with E-state index >= 15 is 0 Å². The second-order valence-corrected chi connectivity index (χ2v) is 4.63. The molecule has 0 amide bonds. The summed E-state index contributed by atoms with van der Waals surface area (Å²) < 4.78 is 15.4. The summed E-state index contributed by atoms with van der Waals surface area (Å²) in [6.07, 6.45) is 5.80. The highest BCUT2D eigenvalue weighted by atomic mass is 19.1. The molecule has 0 spiro atoms. The maximum atomic E-state index is 13.5. The molecule has 0 aliphatic carbocycles. The van der Waals surface area contributed by atoms with Crippen molar-refractivity contribution in [1.82, 2.24) is 14.9 Å². The van der Waals surface area contributed by atoms with E-state index in [4.69, 9.17) is 0 Å². The lowest BCUT2D eigenvalue weighted by Crippen LogP contribution is -2.17. The van der Waals surface area contributed by atoms with Crippen LogP contribution in [0.2, 0.25) is 0 Å². The van der Waals surface area contributed by atoms with Gasteiger partial charge in [0.05, 0.1) is 18.6 Å². The minimum Gasteiger partial charge on any atom is -0.333 e. The van der Waals surface area contributed by atoms with Crippen molar-refractivity contribution < 1.29 is 4.39 Å². The van der Waals surface area contributed by atoms with Gasteiger partial charge < -0.3 is 9.88 Å². The zero-order chi connectivity index (χ0) is 13.5. The Labute approximate surface area is 113 Å². The first-order valence-electron chi connectivity index (χ1n) is 6.74. The summed E-state index contributed by atoms with van der Waals surface area (Å²) in [5.74, 6) is -0.164. The van der Waals surface area contributed by atoms with E-state index < -0.39 is 0 Å². The first-order chi connectivity index (χ1) is 9.29. The van der Waals surface area contributed by atoms with E-state index in [1.165, 1.54) is 6.07 Å². The van der Waals surface area contributed by atoms with Gasteiger partial charge in [-0.05, 0) is 19.0 Å². The Bertz CT molecular complexity index is 508. The Hall–Kier alpha value is -1.68. The van der Waals surface area contributed by atoms with E-state index in [0.29, 0.717) is 12.1 Å². The largest absolute Gasteiger partial charge is 0.333 e. The van der Waals surface area contributed by atoms with E-state index in [1.807, 2.05) is 16.8 Å². The zero-order valence-corrected chi connectivity index (χ0v) is 11.3. The number of nitrogens with zero attached hydrogens (tertiary/aromatic N) is 2. The summed E-state index contributed by atoms with van der Waals surface area (Å²) in [7, 11) is 0. The molecule has 2 aromatic rings. The molecule has 0 aliphatic rings. The molecule has 3 nitrogen and oxygen atoms in total. The minimum absolute atomic E-state index is 0.164. The van der Waals surface area contributed by atoms with Crippen LogP contribution in [0, 0.1) is 5.82 Å². The standard InChI is InChI=1S/C15H20FN3/c1-2-8-17-9-7-14-11-19(12-18-14)10-13-5-3-4-6-15(13)16/h3-6,11-12,17H,2,7-10H2,1H3. The molecule has 0 aliphatic heterocycles. The fraction of sp³-hybridized carbons (Fsp3) is 0.400. The van der Waals surface area contributed by atoms with Crippen molar-refractivity contribution >= 4 is 0 Å². The number of imidazole rings is 1. The molecule has 1 heterocycles. The number of aromatic nitrogens is 2. The summed E-state index contributed by atoms with van der Waals surface area (Å²) in [6, 6.07) is 6.85. The highest BCUT2D eigenvalue weighted by molar-refractivity contribution is 5.18. The lowest BCUT2D eigenvalue weighted by molar-refractivity contribution is 0.599. The predicted molar refractivity (Wildman–Crippen MR) is 74.6 cm³/mol. The first-order valence-corrected chi connectivity index (χ1v) is 6.74. The normalized spacial score (nSPS) is 10.8. The number of nitrogens with one attached hydrogen (secondary N) is 1. The van der Waals surface area contributed by atoms with Crippen molar-refractivity contribution in [3.63, 3.8) is 0 Å². The second-order valence-electron chi connectivity index (χ2n) is 4.63. The molecule has 4 heteroatoms. The van der Waals surface area contributed by atoms with Gasteiger partial charge in [0, 0.05) is 24.7 Å². The quantitative estimate of drug-likeness (QED) is 0.776. The lowest BCUT2D eigenvalue weighted by Gasteiger charge is -2.03. The van der Waals surface area contributed by atoms with Crippen molar-refractivity contribution in [2.45, 2.75) is 26.3 Å². The molecule has 102 valence electrons. The highest BCUT2D eigenvalue weighted by Gasteiger charge is 2.03. The summed E-state index contributed by atoms with van der Waals surface area (Å²) in [6.45, 7) is 4.65. The summed E-state index contributed by atoms with van der Waals surface area (Å²) >= 11 is 0. The molecule has 0 saturated heterocycles. The fourth-order valence-electron chi connectivity index (χ4n) is 1.96. The van der Waals surface area contributed by atoms with Crippen molar-refractivity contribution in [2.24, 2.45) is 0 Å². The third-order valence-corrected chi connectivity index (χ3v) is 2.98. The number of hydrogen-bond donors (Lipinski definition) is 1. The van der Waals surface area contributed by atoms with Crippen molar-refractivity contribution in [3.05, 3.63) is 53.9 Å². The van der Waals surface area contributed by atoms with Crippen LogP contribution in [0.15, 0.2) is 36.8 Å². The van der Waals surface area contributed by atoms with Crippen LogP contribution in [0.4, 0.5) is 4.39 Å². The minimum atomic E-state index is -0.164. The molecule has 1 N–H and O–H groups in total. The van der Waals surface area contributed by atoms with Crippen LogP contribution < -0.4 is 5.32 Å². The third kappa shape index (κ3) is 4.17. The van der Waals surface area contributed by atoms with Crippen LogP contribution in [-0.2, 0) is 13.0 Å². The zero-order valence-electron chi connectivity index (χ0n) is 11.3. The Balaban J connectivity index is 1.89. The van der Waals surface area contributed by atoms with Crippen LogP contribution in [0.3, 0.4) is 0 Å². The molecule has 2 rings (SSSR count). The monoisotopic (exact) mass is 261 g/mol. The number of benzene rings is 1. The van der Waals surface area contributed by atoms with Crippen molar-refractivity contribution in [1.29, 1.82) is 0 Å². The molecule has 0 atom stereocenters. The molecule has 0 radical (unpaired) electrons. The van der Waals surface area contributed by atoms with Gasteiger partial charge in [0.25, 0.3) is 0 Å². The Kier molecular flexibility index (Phi) is 5.10. The van der Waals surface area contributed by atoms with E-state index in [0.717, 1.165) is 31.6 Å². The van der Waals surface area contributed by atoms with Gasteiger partial charge in [-0.3, -0.25) is 0 Å². The summed E-state index contributed by atoms with van der Waals surface area (Å²) in [5.41, 5.74) is 1.73. The Morgan fingerprint density at radius 2 is 2.11 bits per heavy atom. The van der Waals surface area contributed by atoms with Crippen LogP contribution in [0.1, 0.15) is 24.6 Å². The van der Waals surface area contributed by atoms with Gasteiger partial charge in [-0.1, -0.05) is 25.1 Å². The average Bonchev–Trinajstić information content (AvgIpc) is 2.85. The third-order valence-electron chi connectivity index (χ3n) is 2.98. The second kappa shape index (κ2) is 7.04. The van der Waals surface area contributed by atoms with Gasteiger partial charge in [0.15, 0.2) is 0 Å². The Morgan fingerprint density at radius 1 is 1.26 bits per heavy atom. The molecule has 0 fully saturated rings. The number of hydrogen-bond acceptors (Lipinski definition) is 2. The van der Waals surface area contributed by atoms with Gasteiger partial charge in [0.1, 0.15) is 5.82 Å². The molecule has 1 aromatic carbocycles. The van der Waals surface area contributed by atoms with E-state index in [9.17, 15) is 4.39 Å². The smallest absolute Gasteiger partial charge is 0.128 e. The van der Waals surface area contributed by atoms with Crippen molar-refractivity contribution in [2.75, 3.05) is 13.1 Å². The maximum absolute atomic E-state index is 13.5. The van der Waals surface area contributed by atoms with Gasteiger partial charge in [-0.25, -0.2) is 9.37 Å². The Morgan fingerprint density at radius 3 is 2.89 bits per heavy atom. The fourth-order valence-corrected chi connectivity index (χ4v) is 1.96. The molecule has 0 unspecified atom stereocenters. The topological polar surface area (TPSA) is 29.9 Å². The van der Waals surface area contributed by atoms with Gasteiger partial charge >= 0.3 is 0 Å². The number of halogens is 1. The van der Waals surface area contributed by atoms with Crippen molar-refractivity contribution in [3.8, 4) is 0 Å². The molecule has 1 aromatic heterocycles. The first kappa shape index (κ1) is 13.7. The molecular formula is C15H20FN3. The predicted octanol–water partition coefficient (Wildman–Crippen LogP) is 2.61. The van der Waals surface area contributed by atoms with E-state index in [2.05, 4.69) is 17.2 Å². The molecule has 19 heavy (non-hydrogen) atoms. The average molecular weight is 261 g/mol. The van der Waals surface area contributed by atoms with Crippen LogP contribution in [0.25, 0.3) is 0 Å². The van der Waals surface area contributed by atoms with Crippen LogP contribution >= 0.6 is 0 Å². The van der Waals surface area contributed by atoms with Gasteiger partial charge in [-0.15, -0.1) is 0 Å². The maximum Gasteiger partial charge on any atom is 0.128 e. The highest BCUT2D eigenvalue weighted by Crippen LogP contribution is 2.09. The van der Waals surface area contributed by atoms with Gasteiger partial charge in [-0.2, -0.15) is 0 Å². The van der Waals surface area contributed by atoms with Crippen LogP contribution in [0.5, 0.6) is 0 Å². The molecular weight excluding hydrogens is 241 g/mol. The number of rotatable bonds is 7. The van der Waals surface area contributed by atoms with Crippen LogP contribution in [-0.4, -0.2) is 22.6 Å². The molecule has 0 saturated carbocycles.